The smallest absolute Gasteiger partial charge is 0.0866 e. The molecule has 1 aliphatic heterocycles. The monoisotopic (exact) mass is 185 g/mol. The van der Waals surface area contributed by atoms with E-state index in [1.165, 1.54) is 42.5 Å². The average Bonchev–Trinajstić information content (AvgIpc) is 2.77. The molecule has 0 atom stereocenters. The maximum Gasteiger partial charge on any atom is 0.0866 e. The van der Waals surface area contributed by atoms with Gasteiger partial charge in [0.2, 0.25) is 0 Å². The van der Waals surface area contributed by atoms with Crippen molar-refractivity contribution in [3.8, 4) is 0 Å². The Balaban J connectivity index is 2.20. The van der Waals surface area contributed by atoms with Gasteiger partial charge in [-0.2, -0.15) is 0 Å². The van der Waals surface area contributed by atoms with Crippen LogP contribution < -0.4 is 0 Å². The van der Waals surface area contributed by atoms with Crippen LogP contribution in [0.4, 0.5) is 0 Å². The summed E-state index contributed by atoms with van der Waals surface area (Å²) >= 11 is 0. The number of hydrogen-bond acceptors (Lipinski definition) is 1. The fourth-order valence-corrected chi connectivity index (χ4v) is 2.99. The Morgan fingerprint density at radius 1 is 1.14 bits per heavy atom. The van der Waals surface area contributed by atoms with Crippen molar-refractivity contribution in [3.05, 3.63) is 35.4 Å². The first-order valence-corrected chi connectivity index (χ1v) is 5.48. The molecule has 14 heavy (non-hydrogen) atoms. The minimum absolute atomic E-state index is 0.181. The van der Waals surface area contributed by atoms with Crippen LogP contribution in [0.15, 0.2) is 29.3 Å². The summed E-state index contributed by atoms with van der Waals surface area (Å²) in [6.07, 6.45) is 5.18. The molecule has 0 radical (unpaired) electrons. The van der Waals surface area contributed by atoms with Gasteiger partial charge in [0.25, 0.3) is 0 Å². The lowest BCUT2D eigenvalue weighted by molar-refractivity contribution is 0.476. The van der Waals surface area contributed by atoms with Gasteiger partial charge >= 0.3 is 0 Å². The van der Waals surface area contributed by atoms with Crippen molar-refractivity contribution in [1.82, 2.24) is 0 Å². The van der Waals surface area contributed by atoms with Crippen molar-refractivity contribution in [2.75, 3.05) is 0 Å². The molecular formula is C13H15N. The van der Waals surface area contributed by atoms with Crippen LogP contribution in [0.3, 0.4) is 0 Å². The zero-order chi connectivity index (χ0) is 9.60. The van der Waals surface area contributed by atoms with E-state index in [9.17, 15) is 0 Å². The van der Waals surface area contributed by atoms with Gasteiger partial charge in [-0.15, -0.1) is 0 Å². The van der Waals surface area contributed by atoms with Crippen LogP contribution in [0, 0.1) is 0 Å². The molecule has 0 aromatic heterocycles. The van der Waals surface area contributed by atoms with Crippen LogP contribution in [-0.4, -0.2) is 5.71 Å². The summed E-state index contributed by atoms with van der Waals surface area (Å²) in [5.74, 6) is 0. The fourth-order valence-electron chi connectivity index (χ4n) is 2.99. The summed E-state index contributed by atoms with van der Waals surface area (Å²) in [5, 5.41) is 0. The lowest BCUT2D eigenvalue weighted by Crippen LogP contribution is -2.15. The summed E-state index contributed by atoms with van der Waals surface area (Å²) in [7, 11) is 0. The van der Waals surface area contributed by atoms with E-state index >= 15 is 0 Å². The first-order valence-electron chi connectivity index (χ1n) is 5.48. The predicted molar refractivity (Wildman–Crippen MR) is 58.8 cm³/mol. The highest BCUT2D eigenvalue weighted by Crippen LogP contribution is 2.47. The van der Waals surface area contributed by atoms with Crippen LogP contribution in [0.5, 0.6) is 0 Å². The normalized spacial score (nSPS) is 22.5. The molecule has 1 aromatic carbocycles. The molecule has 1 heteroatoms. The van der Waals surface area contributed by atoms with Gasteiger partial charge in [-0.25, -0.2) is 0 Å². The molecule has 2 aliphatic rings. The molecule has 1 spiro atoms. The fraction of sp³-hybridized carbons (Fsp3) is 0.462. The van der Waals surface area contributed by atoms with E-state index in [1.807, 2.05) is 0 Å². The Labute approximate surface area is 84.9 Å². The molecule has 1 nitrogen and oxygen atoms in total. The molecule has 0 amide bonds. The molecular weight excluding hydrogens is 170 g/mol. The second-order valence-corrected chi connectivity index (χ2v) is 4.48. The summed E-state index contributed by atoms with van der Waals surface area (Å²) in [5.41, 5.74) is 4.28. The van der Waals surface area contributed by atoms with E-state index in [0.717, 1.165) is 0 Å². The third-order valence-corrected chi connectivity index (χ3v) is 3.63. The molecule has 1 heterocycles. The van der Waals surface area contributed by atoms with Crippen molar-refractivity contribution in [3.63, 3.8) is 0 Å². The first kappa shape index (κ1) is 8.22. The number of fused-ring (bicyclic) bond motifs is 2. The first-order chi connectivity index (χ1) is 6.82. The highest BCUT2D eigenvalue weighted by atomic mass is 14.9. The molecule has 0 saturated heterocycles. The van der Waals surface area contributed by atoms with Gasteiger partial charge in [-0.3, -0.25) is 4.99 Å². The van der Waals surface area contributed by atoms with E-state index in [1.54, 1.807) is 0 Å². The highest BCUT2D eigenvalue weighted by Gasteiger charge is 2.40. The Hall–Kier alpha value is -1.11. The van der Waals surface area contributed by atoms with Gasteiger partial charge < -0.3 is 0 Å². The number of nitrogens with zero attached hydrogens (tertiary/aromatic N) is 1. The van der Waals surface area contributed by atoms with Gasteiger partial charge in [-0.05, 0) is 25.3 Å². The average molecular weight is 185 g/mol. The third kappa shape index (κ3) is 0.927. The molecule has 0 N–H and O–H groups in total. The molecule has 1 aliphatic carbocycles. The minimum atomic E-state index is 0.181. The van der Waals surface area contributed by atoms with Crippen molar-refractivity contribution in [1.29, 1.82) is 0 Å². The van der Waals surface area contributed by atoms with Gasteiger partial charge in [0.15, 0.2) is 0 Å². The van der Waals surface area contributed by atoms with E-state index in [2.05, 4.69) is 31.2 Å². The van der Waals surface area contributed by atoms with Crippen LogP contribution in [0.25, 0.3) is 0 Å². The van der Waals surface area contributed by atoms with E-state index in [-0.39, 0.29) is 5.54 Å². The minimum Gasteiger partial charge on any atom is -0.278 e. The quantitative estimate of drug-likeness (QED) is 0.588. The summed E-state index contributed by atoms with van der Waals surface area (Å²) < 4.78 is 0. The van der Waals surface area contributed by atoms with Gasteiger partial charge in [0.05, 0.1) is 5.54 Å². The zero-order valence-electron chi connectivity index (χ0n) is 8.59. The predicted octanol–water partition coefficient (Wildman–Crippen LogP) is 3.28. The molecule has 0 bridgehead atoms. The summed E-state index contributed by atoms with van der Waals surface area (Å²) in [6, 6.07) is 8.74. The van der Waals surface area contributed by atoms with Crippen molar-refractivity contribution >= 4 is 5.71 Å². The van der Waals surface area contributed by atoms with Crippen LogP contribution in [-0.2, 0) is 5.54 Å². The van der Waals surface area contributed by atoms with E-state index < -0.39 is 0 Å². The lowest BCUT2D eigenvalue weighted by Gasteiger charge is -2.20. The van der Waals surface area contributed by atoms with Crippen LogP contribution in [0.2, 0.25) is 0 Å². The van der Waals surface area contributed by atoms with Crippen molar-refractivity contribution in [2.24, 2.45) is 4.99 Å². The molecule has 1 saturated carbocycles. The highest BCUT2D eigenvalue weighted by molar-refractivity contribution is 6.03. The molecule has 1 fully saturated rings. The third-order valence-electron chi connectivity index (χ3n) is 3.63. The Morgan fingerprint density at radius 2 is 1.86 bits per heavy atom. The maximum absolute atomic E-state index is 4.90. The van der Waals surface area contributed by atoms with Gasteiger partial charge in [0, 0.05) is 11.3 Å². The van der Waals surface area contributed by atoms with Crippen molar-refractivity contribution in [2.45, 2.75) is 38.1 Å². The zero-order valence-corrected chi connectivity index (χ0v) is 8.59. The van der Waals surface area contributed by atoms with E-state index in [0.29, 0.717) is 0 Å². The summed E-state index contributed by atoms with van der Waals surface area (Å²) in [6.45, 7) is 2.14. The maximum atomic E-state index is 4.90. The second kappa shape index (κ2) is 2.69. The largest absolute Gasteiger partial charge is 0.278 e. The number of hydrogen-bond donors (Lipinski definition) is 0. The van der Waals surface area contributed by atoms with Gasteiger partial charge in [-0.1, -0.05) is 37.1 Å². The Morgan fingerprint density at radius 3 is 2.64 bits per heavy atom. The molecule has 3 rings (SSSR count). The second-order valence-electron chi connectivity index (χ2n) is 4.48. The number of aliphatic imine (C=N–C) groups is 1. The van der Waals surface area contributed by atoms with Crippen LogP contribution >= 0.6 is 0 Å². The SMILES string of the molecule is CC1=NC2(CCCC2)c2ccccc21. The summed E-state index contributed by atoms with van der Waals surface area (Å²) in [4.78, 5) is 4.90. The Bertz CT molecular complexity index is 397. The van der Waals surface area contributed by atoms with Crippen LogP contribution in [0.1, 0.15) is 43.7 Å². The number of rotatable bonds is 0. The topological polar surface area (TPSA) is 12.4 Å². The Kier molecular flexibility index (Phi) is 1.58. The standard InChI is InChI=1S/C13H15N/c1-10-11-6-2-3-7-12(11)13(14-10)8-4-5-9-13/h2-3,6-7H,4-5,8-9H2,1H3. The lowest BCUT2D eigenvalue weighted by atomic mass is 9.88. The van der Waals surface area contributed by atoms with E-state index in [4.69, 9.17) is 4.99 Å². The molecule has 0 unspecified atom stereocenters. The number of benzene rings is 1. The van der Waals surface area contributed by atoms with Crippen molar-refractivity contribution < 1.29 is 0 Å². The van der Waals surface area contributed by atoms with Gasteiger partial charge in [0.1, 0.15) is 0 Å². The molecule has 72 valence electrons. The molecule has 1 aromatic rings.